The molecule has 0 amide bonds. The quantitative estimate of drug-likeness (QED) is 0.660. The Bertz CT molecular complexity index is 490. The van der Waals surface area contributed by atoms with Crippen molar-refractivity contribution in [3.8, 4) is 5.75 Å². The van der Waals surface area contributed by atoms with Gasteiger partial charge in [-0.2, -0.15) is 0 Å². The van der Waals surface area contributed by atoms with Crippen LogP contribution in [0, 0.1) is 23.0 Å². The van der Waals surface area contributed by atoms with Gasteiger partial charge < -0.3 is 15.6 Å². The number of benzene rings is 1. The summed E-state index contributed by atoms with van der Waals surface area (Å²) in [7, 11) is 0. The Hall–Kier alpha value is -1.37. The lowest BCUT2D eigenvalue weighted by Crippen LogP contribution is -2.27. The first-order valence-corrected chi connectivity index (χ1v) is 6.32. The lowest BCUT2D eigenvalue weighted by Gasteiger charge is -2.28. The zero-order chi connectivity index (χ0) is 14.0. The van der Waals surface area contributed by atoms with Crippen molar-refractivity contribution in [3.63, 3.8) is 0 Å². The highest BCUT2D eigenvalue weighted by Crippen LogP contribution is 2.39. The second kappa shape index (κ2) is 6.88. The highest BCUT2D eigenvalue weighted by Gasteiger charge is 2.28. The second-order valence-corrected chi connectivity index (χ2v) is 4.90. The topological polar surface area (TPSA) is 98.6 Å². The zero-order valence-corrected chi connectivity index (χ0v) is 12.1. The Morgan fingerprint density at radius 2 is 2.05 bits per heavy atom. The Morgan fingerprint density at radius 1 is 1.45 bits per heavy atom. The van der Waals surface area contributed by atoms with Crippen LogP contribution in [-0.2, 0) is 4.74 Å². The lowest BCUT2D eigenvalue weighted by atomic mass is 9.86. The van der Waals surface area contributed by atoms with Crippen LogP contribution in [0.1, 0.15) is 30.0 Å². The third-order valence-electron chi connectivity index (χ3n) is 3.70. The van der Waals surface area contributed by atoms with Crippen molar-refractivity contribution in [1.82, 2.24) is 0 Å². The Labute approximate surface area is 123 Å². The van der Waals surface area contributed by atoms with E-state index < -0.39 is 11.0 Å². The molecule has 0 saturated carbocycles. The molecule has 3 N–H and O–H groups in total. The van der Waals surface area contributed by atoms with Gasteiger partial charge in [0.25, 0.3) is 0 Å². The van der Waals surface area contributed by atoms with Crippen molar-refractivity contribution in [1.29, 1.82) is 0 Å². The van der Waals surface area contributed by atoms with Gasteiger partial charge in [0.15, 0.2) is 5.75 Å². The number of rotatable bonds is 3. The molecule has 0 bridgehead atoms. The molecular formula is C13H19ClN2O4. The molecule has 0 unspecified atom stereocenters. The number of nitro groups is 1. The van der Waals surface area contributed by atoms with E-state index in [9.17, 15) is 15.2 Å². The van der Waals surface area contributed by atoms with Gasteiger partial charge in [0.1, 0.15) is 0 Å². The van der Waals surface area contributed by atoms with E-state index in [1.54, 1.807) is 19.1 Å². The second-order valence-electron chi connectivity index (χ2n) is 4.90. The van der Waals surface area contributed by atoms with Crippen molar-refractivity contribution in [2.45, 2.75) is 25.8 Å². The molecule has 0 radical (unpaired) electrons. The third kappa shape index (κ3) is 3.20. The van der Waals surface area contributed by atoms with Gasteiger partial charge in [0.2, 0.25) is 0 Å². The van der Waals surface area contributed by atoms with Crippen molar-refractivity contribution in [2.24, 2.45) is 11.7 Å². The van der Waals surface area contributed by atoms with E-state index in [4.69, 9.17) is 10.5 Å². The number of ether oxygens (including phenoxy) is 1. The smallest absolute Gasteiger partial charge is 0.313 e. The minimum atomic E-state index is -0.565. The first kappa shape index (κ1) is 16.7. The fraction of sp³-hybridized carbons (Fsp3) is 0.538. The molecule has 1 heterocycles. The van der Waals surface area contributed by atoms with Crippen LogP contribution in [0.2, 0.25) is 0 Å². The van der Waals surface area contributed by atoms with Crippen LogP contribution < -0.4 is 5.73 Å². The minimum Gasteiger partial charge on any atom is -0.502 e. The first-order valence-electron chi connectivity index (χ1n) is 6.32. The molecule has 1 saturated heterocycles. The van der Waals surface area contributed by atoms with Gasteiger partial charge in [-0.1, -0.05) is 12.1 Å². The van der Waals surface area contributed by atoms with Gasteiger partial charge in [-0.15, -0.1) is 12.4 Å². The van der Waals surface area contributed by atoms with Crippen LogP contribution >= 0.6 is 12.4 Å². The number of aryl methyl sites for hydroxylation is 1. The Kier molecular flexibility index (Phi) is 5.74. The molecule has 1 fully saturated rings. The molecule has 1 atom stereocenters. The summed E-state index contributed by atoms with van der Waals surface area (Å²) >= 11 is 0. The fourth-order valence-electron chi connectivity index (χ4n) is 2.52. The van der Waals surface area contributed by atoms with Gasteiger partial charge >= 0.3 is 5.69 Å². The average Bonchev–Trinajstić information content (AvgIpc) is 2.39. The molecule has 1 aromatic carbocycles. The first-order chi connectivity index (χ1) is 9.02. The summed E-state index contributed by atoms with van der Waals surface area (Å²) in [6.07, 6.45) is 1.62. The Morgan fingerprint density at radius 3 is 2.60 bits per heavy atom. The standard InChI is InChI=1S/C13H18N2O4.ClH/c1-8-2-3-10(13(16)12(8)15(17)18)11(14)9-4-6-19-7-5-9;/h2-3,9,11,16H,4-7,14H2,1H3;1H/t11-;/m0./s1. The van der Waals surface area contributed by atoms with Gasteiger partial charge in [0, 0.05) is 30.4 Å². The van der Waals surface area contributed by atoms with Crippen molar-refractivity contribution in [3.05, 3.63) is 33.4 Å². The lowest BCUT2D eigenvalue weighted by molar-refractivity contribution is -0.386. The number of nitrogens with zero attached hydrogens (tertiary/aromatic N) is 1. The number of hydrogen-bond acceptors (Lipinski definition) is 5. The van der Waals surface area contributed by atoms with E-state index in [-0.39, 0.29) is 29.8 Å². The van der Waals surface area contributed by atoms with Crippen LogP contribution in [0.4, 0.5) is 5.69 Å². The number of nitrogens with two attached hydrogens (primary N) is 1. The molecule has 2 rings (SSSR count). The van der Waals surface area contributed by atoms with Crippen LogP contribution in [0.3, 0.4) is 0 Å². The summed E-state index contributed by atoms with van der Waals surface area (Å²) in [4.78, 5) is 10.4. The zero-order valence-electron chi connectivity index (χ0n) is 11.2. The van der Waals surface area contributed by atoms with Crippen molar-refractivity contribution < 1.29 is 14.8 Å². The predicted molar refractivity (Wildman–Crippen MR) is 77.2 cm³/mol. The normalized spacial score (nSPS) is 17.3. The van der Waals surface area contributed by atoms with Crippen molar-refractivity contribution in [2.75, 3.05) is 13.2 Å². The highest BCUT2D eigenvalue weighted by molar-refractivity contribution is 5.85. The maximum absolute atomic E-state index is 11.0. The van der Waals surface area contributed by atoms with Crippen LogP contribution in [0.25, 0.3) is 0 Å². The monoisotopic (exact) mass is 302 g/mol. The summed E-state index contributed by atoms with van der Waals surface area (Å²) in [5.74, 6) is -0.119. The average molecular weight is 303 g/mol. The van der Waals surface area contributed by atoms with E-state index in [2.05, 4.69) is 0 Å². The van der Waals surface area contributed by atoms with E-state index in [1.807, 2.05) is 0 Å². The molecule has 112 valence electrons. The number of aromatic hydroxyl groups is 1. The molecule has 1 aliphatic rings. The van der Waals surface area contributed by atoms with Crippen LogP contribution in [0.15, 0.2) is 12.1 Å². The van der Waals surface area contributed by atoms with E-state index >= 15 is 0 Å². The molecule has 0 spiro atoms. The number of nitro benzene ring substituents is 1. The number of phenols is 1. The summed E-state index contributed by atoms with van der Waals surface area (Å²) in [5, 5.41) is 21.1. The van der Waals surface area contributed by atoms with Crippen LogP contribution in [-0.4, -0.2) is 23.2 Å². The summed E-state index contributed by atoms with van der Waals surface area (Å²) in [6, 6.07) is 2.91. The SMILES string of the molecule is Cc1ccc([C@@H](N)C2CCOCC2)c(O)c1[N+](=O)[O-].Cl. The molecule has 0 aliphatic carbocycles. The molecule has 6 nitrogen and oxygen atoms in total. The summed E-state index contributed by atoms with van der Waals surface area (Å²) in [6.45, 7) is 2.89. The van der Waals surface area contributed by atoms with E-state index in [1.165, 1.54) is 0 Å². The molecule has 1 aliphatic heterocycles. The molecule has 0 aromatic heterocycles. The van der Waals surface area contributed by atoms with Crippen molar-refractivity contribution >= 4 is 18.1 Å². The summed E-state index contributed by atoms with van der Waals surface area (Å²) in [5.41, 5.74) is 6.79. The fourth-order valence-corrected chi connectivity index (χ4v) is 2.52. The molecule has 1 aromatic rings. The summed E-state index contributed by atoms with van der Waals surface area (Å²) < 4.78 is 5.27. The molecule has 20 heavy (non-hydrogen) atoms. The Balaban J connectivity index is 0.00000200. The third-order valence-corrected chi connectivity index (χ3v) is 3.70. The maximum Gasteiger partial charge on any atom is 0.313 e. The predicted octanol–water partition coefficient (Wildman–Crippen LogP) is 2.46. The largest absolute Gasteiger partial charge is 0.502 e. The maximum atomic E-state index is 11.0. The van der Waals surface area contributed by atoms with E-state index in [0.717, 1.165) is 12.8 Å². The van der Waals surface area contributed by atoms with Crippen LogP contribution in [0.5, 0.6) is 5.75 Å². The van der Waals surface area contributed by atoms with Gasteiger partial charge in [0.05, 0.1) is 4.92 Å². The van der Waals surface area contributed by atoms with Gasteiger partial charge in [-0.25, -0.2) is 0 Å². The molecular weight excluding hydrogens is 284 g/mol. The van der Waals surface area contributed by atoms with Gasteiger partial charge in [-0.05, 0) is 25.7 Å². The number of phenolic OH excluding ortho intramolecular Hbond substituents is 1. The van der Waals surface area contributed by atoms with Gasteiger partial charge in [-0.3, -0.25) is 10.1 Å². The highest BCUT2D eigenvalue weighted by atomic mass is 35.5. The minimum absolute atomic E-state index is 0. The number of hydrogen-bond donors (Lipinski definition) is 2. The van der Waals surface area contributed by atoms with E-state index in [0.29, 0.717) is 24.3 Å². The molecule has 7 heteroatoms. The number of halogens is 1.